The maximum Gasteiger partial charge on any atom is 0.407 e. The number of carbonyl (C=O) groups excluding carboxylic acids is 2. The standard InChI is InChI=1S/C25H22N2O6/c1-14(23(29)27-15-10-11-20(24(30)31)22(28)12-15)26-25(32)33-13-21-18-8-4-2-6-16(18)17-7-3-5-9-19(17)21/h2-12,14,21,28H,13H2,1H3,(H,26,32)(H,27,29)(H,30,31)/t14-/m0/s1. The molecule has 0 bridgehead atoms. The Hall–Kier alpha value is -4.33. The van der Waals surface area contributed by atoms with Crippen molar-refractivity contribution in [3.63, 3.8) is 0 Å². The lowest BCUT2D eigenvalue weighted by Crippen LogP contribution is -2.42. The van der Waals surface area contributed by atoms with Crippen LogP contribution in [0.15, 0.2) is 66.7 Å². The molecule has 0 aromatic heterocycles. The molecule has 4 rings (SSSR count). The summed E-state index contributed by atoms with van der Waals surface area (Å²) in [7, 11) is 0. The predicted octanol–water partition coefficient (Wildman–Crippen LogP) is 3.96. The average Bonchev–Trinajstić information content (AvgIpc) is 3.11. The Morgan fingerprint density at radius 3 is 2.15 bits per heavy atom. The maximum absolute atomic E-state index is 12.4. The lowest BCUT2D eigenvalue weighted by Gasteiger charge is -2.17. The molecule has 0 saturated carbocycles. The van der Waals surface area contributed by atoms with Gasteiger partial charge in [0.25, 0.3) is 0 Å². The molecule has 3 aromatic carbocycles. The summed E-state index contributed by atoms with van der Waals surface area (Å²) in [6.45, 7) is 1.61. The molecule has 0 unspecified atom stereocenters. The molecule has 8 nitrogen and oxygen atoms in total. The van der Waals surface area contributed by atoms with Gasteiger partial charge in [-0.25, -0.2) is 9.59 Å². The molecule has 8 heteroatoms. The van der Waals surface area contributed by atoms with E-state index >= 15 is 0 Å². The van der Waals surface area contributed by atoms with Crippen LogP contribution in [0, 0.1) is 0 Å². The molecule has 0 radical (unpaired) electrons. The summed E-state index contributed by atoms with van der Waals surface area (Å²) in [5.41, 5.74) is 4.32. The number of aromatic carboxylic acids is 1. The molecule has 0 saturated heterocycles. The minimum Gasteiger partial charge on any atom is -0.507 e. The molecule has 1 aliphatic carbocycles. The van der Waals surface area contributed by atoms with Gasteiger partial charge in [-0.2, -0.15) is 0 Å². The zero-order valence-electron chi connectivity index (χ0n) is 17.7. The van der Waals surface area contributed by atoms with Crippen molar-refractivity contribution >= 4 is 23.7 Å². The van der Waals surface area contributed by atoms with Gasteiger partial charge >= 0.3 is 12.1 Å². The first-order valence-corrected chi connectivity index (χ1v) is 10.3. The van der Waals surface area contributed by atoms with E-state index in [2.05, 4.69) is 10.6 Å². The van der Waals surface area contributed by atoms with Crippen molar-refractivity contribution in [2.45, 2.75) is 18.9 Å². The molecule has 0 fully saturated rings. The Balaban J connectivity index is 1.35. The zero-order valence-corrected chi connectivity index (χ0v) is 17.7. The number of fused-ring (bicyclic) bond motifs is 3. The lowest BCUT2D eigenvalue weighted by molar-refractivity contribution is -0.117. The largest absolute Gasteiger partial charge is 0.507 e. The van der Waals surface area contributed by atoms with Crippen LogP contribution in [0.1, 0.15) is 34.3 Å². The summed E-state index contributed by atoms with van der Waals surface area (Å²) in [4.78, 5) is 35.7. The second-order valence-corrected chi connectivity index (χ2v) is 7.72. The number of aromatic hydroxyl groups is 1. The van der Waals surface area contributed by atoms with Crippen LogP contribution < -0.4 is 10.6 Å². The Morgan fingerprint density at radius 1 is 0.970 bits per heavy atom. The highest BCUT2D eigenvalue weighted by atomic mass is 16.5. The summed E-state index contributed by atoms with van der Waals surface area (Å²) < 4.78 is 5.44. The minimum absolute atomic E-state index is 0.0944. The average molecular weight is 446 g/mol. The first-order chi connectivity index (χ1) is 15.8. The van der Waals surface area contributed by atoms with E-state index in [1.165, 1.54) is 19.1 Å². The van der Waals surface area contributed by atoms with E-state index in [-0.39, 0.29) is 23.8 Å². The number of carboxylic acid groups (broad SMARTS) is 1. The quantitative estimate of drug-likeness (QED) is 0.454. The topological polar surface area (TPSA) is 125 Å². The number of benzene rings is 3. The van der Waals surface area contributed by atoms with Gasteiger partial charge in [0.1, 0.15) is 24.0 Å². The van der Waals surface area contributed by atoms with Gasteiger partial charge in [0.2, 0.25) is 5.91 Å². The summed E-state index contributed by atoms with van der Waals surface area (Å²) in [5, 5.41) is 23.7. The van der Waals surface area contributed by atoms with E-state index < -0.39 is 29.8 Å². The fourth-order valence-corrected chi connectivity index (χ4v) is 3.92. The number of hydrogen-bond donors (Lipinski definition) is 4. The number of hydrogen-bond acceptors (Lipinski definition) is 5. The first kappa shape index (κ1) is 21.9. The number of carbonyl (C=O) groups is 3. The Kier molecular flexibility index (Phi) is 5.99. The molecule has 0 spiro atoms. The molecular formula is C25H22N2O6. The van der Waals surface area contributed by atoms with E-state index in [1.54, 1.807) is 0 Å². The number of anilines is 1. The van der Waals surface area contributed by atoms with Crippen molar-refractivity contribution in [2.75, 3.05) is 11.9 Å². The number of ether oxygens (including phenoxy) is 1. The molecule has 0 heterocycles. The van der Waals surface area contributed by atoms with Crippen LogP contribution >= 0.6 is 0 Å². The molecule has 0 aliphatic heterocycles. The van der Waals surface area contributed by atoms with Crippen LogP contribution in [0.4, 0.5) is 10.5 Å². The molecule has 4 N–H and O–H groups in total. The smallest absolute Gasteiger partial charge is 0.407 e. The van der Waals surface area contributed by atoms with Gasteiger partial charge in [0.05, 0.1) is 0 Å². The van der Waals surface area contributed by atoms with E-state index in [4.69, 9.17) is 9.84 Å². The molecule has 168 valence electrons. The van der Waals surface area contributed by atoms with Crippen LogP contribution in [0.25, 0.3) is 11.1 Å². The minimum atomic E-state index is -1.28. The third-order valence-corrected chi connectivity index (χ3v) is 5.57. The van der Waals surface area contributed by atoms with Crippen LogP contribution in [-0.2, 0) is 9.53 Å². The normalized spacial score (nSPS) is 12.9. The Morgan fingerprint density at radius 2 is 1.58 bits per heavy atom. The number of nitrogens with one attached hydrogen (secondary N) is 2. The van der Waals surface area contributed by atoms with Crippen LogP contribution in [0.5, 0.6) is 5.75 Å². The molecule has 2 amide bonds. The number of amides is 2. The van der Waals surface area contributed by atoms with E-state index in [1.807, 2.05) is 48.5 Å². The van der Waals surface area contributed by atoms with Crippen LogP contribution in [-0.4, -0.2) is 40.8 Å². The molecule has 3 aromatic rings. The van der Waals surface area contributed by atoms with Gasteiger partial charge in [0, 0.05) is 17.7 Å². The lowest BCUT2D eigenvalue weighted by atomic mass is 9.98. The molecular weight excluding hydrogens is 424 g/mol. The third-order valence-electron chi connectivity index (χ3n) is 5.57. The van der Waals surface area contributed by atoms with Crippen LogP contribution in [0.2, 0.25) is 0 Å². The second-order valence-electron chi connectivity index (χ2n) is 7.72. The van der Waals surface area contributed by atoms with Gasteiger partial charge in [-0.05, 0) is 41.3 Å². The van der Waals surface area contributed by atoms with Crippen molar-refractivity contribution < 1.29 is 29.3 Å². The Labute approximate surface area is 189 Å². The summed E-state index contributed by atoms with van der Waals surface area (Å²) in [5.74, 6) is -2.40. The summed E-state index contributed by atoms with van der Waals surface area (Å²) in [6.07, 6.45) is -0.733. The number of phenols is 1. The third kappa shape index (κ3) is 4.50. The van der Waals surface area contributed by atoms with Crippen LogP contribution in [0.3, 0.4) is 0 Å². The highest BCUT2D eigenvalue weighted by Crippen LogP contribution is 2.44. The van der Waals surface area contributed by atoms with Crippen molar-refractivity contribution in [2.24, 2.45) is 0 Å². The molecule has 33 heavy (non-hydrogen) atoms. The molecule has 1 aliphatic rings. The fourth-order valence-electron chi connectivity index (χ4n) is 3.92. The van der Waals surface area contributed by atoms with Crippen molar-refractivity contribution in [1.29, 1.82) is 0 Å². The monoisotopic (exact) mass is 446 g/mol. The van der Waals surface area contributed by atoms with Crippen molar-refractivity contribution in [3.05, 3.63) is 83.4 Å². The van der Waals surface area contributed by atoms with Gasteiger partial charge in [-0.15, -0.1) is 0 Å². The first-order valence-electron chi connectivity index (χ1n) is 10.3. The highest BCUT2D eigenvalue weighted by molar-refractivity contribution is 5.97. The van der Waals surface area contributed by atoms with Gasteiger partial charge in [-0.1, -0.05) is 48.5 Å². The Bertz CT molecular complexity index is 1190. The van der Waals surface area contributed by atoms with E-state index in [0.29, 0.717) is 0 Å². The second kappa shape index (κ2) is 9.04. The number of alkyl carbamates (subject to hydrolysis) is 1. The van der Waals surface area contributed by atoms with E-state index in [9.17, 15) is 19.5 Å². The number of carboxylic acids is 1. The fraction of sp³-hybridized carbons (Fsp3) is 0.160. The van der Waals surface area contributed by atoms with E-state index in [0.717, 1.165) is 28.3 Å². The number of rotatable bonds is 6. The molecule has 1 atom stereocenters. The van der Waals surface area contributed by atoms with Crippen molar-refractivity contribution in [3.8, 4) is 16.9 Å². The maximum atomic E-state index is 12.4. The zero-order chi connectivity index (χ0) is 23.5. The van der Waals surface area contributed by atoms with Gasteiger partial charge in [0.15, 0.2) is 0 Å². The van der Waals surface area contributed by atoms with Crippen molar-refractivity contribution in [1.82, 2.24) is 5.32 Å². The highest BCUT2D eigenvalue weighted by Gasteiger charge is 2.29. The van der Waals surface area contributed by atoms with Gasteiger partial charge in [-0.3, -0.25) is 4.79 Å². The summed E-state index contributed by atoms with van der Waals surface area (Å²) >= 11 is 0. The summed E-state index contributed by atoms with van der Waals surface area (Å²) in [6, 6.07) is 18.7. The SMILES string of the molecule is C[C@H](NC(=O)OCC1c2ccccc2-c2ccccc21)C(=O)Nc1ccc(C(=O)O)c(O)c1. The predicted molar refractivity (Wildman–Crippen MR) is 121 cm³/mol. The van der Waals surface area contributed by atoms with Gasteiger partial charge < -0.3 is 25.6 Å².